The fourth-order valence-electron chi connectivity index (χ4n) is 2.12. The van der Waals surface area contributed by atoms with E-state index < -0.39 is 0 Å². The van der Waals surface area contributed by atoms with Gasteiger partial charge in [0.15, 0.2) is 0 Å². The van der Waals surface area contributed by atoms with Gasteiger partial charge in [0.25, 0.3) is 0 Å². The van der Waals surface area contributed by atoms with Crippen LogP contribution >= 0.6 is 34.8 Å². The van der Waals surface area contributed by atoms with Crippen molar-refractivity contribution in [2.45, 2.75) is 5.88 Å². The molecule has 0 aliphatic carbocycles. The monoisotopic (exact) mass is 310 g/mol. The minimum absolute atomic E-state index is 0.288. The average molecular weight is 312 g/mol. The van der Waals surface area contributed by atoms with E-state index in [0.717, 1.165) is 22.5 Å². The summed E-state index contributed by atoms with van der Waals surface area (Å²) < 4.78 is 1.91. The highest BCUT2D eigenvalue weighted by Crippen LogP contribution is 2.32. The van der Waals surface area contributed by atoms with Gasteiger partial charge in [0, 0.05) is 0 Å². The van der Waals surface area contributed by atoms with Crippen LogP contribution in [0.4, 0.5) is 0 Å². The molecule has 2 aromatic carbocycles. The summed E-state index contributed by atoms with van der Waals surface area (Å²) in [5.74, 6) is 1.01. The van der Waals surface area contributed by atoms with Crippen LogP contribution in [0.15, 0.2) is 42.5 Å². The third-order valence-corrected chi connectivity index (χ3v) is 3.76. The van der Waals surface area contributed by atoms with Crippen LogP contribution in [0.2, 0.25) is 10.0 Å². The van der Waals surface area contributed by atoms with Crippen molar-refractivity contribution >= 4 is 45.8 Å². The van der Waals surface area contributed by atoms with E-state index in [1.807, 2.05) is 34.9 Å². The van der Waals surface area contributed by atoms with Crippen LogP contribution < -0.4 is 0 Å². The Morgan fingerprint density at radius 3 is 2.32 bits per heavy atom. The molecule has 1 aromatic heterocycles. The summed E-state index contributed by atoms with van der Waals surface area (Å²) in [6, 6.07) is 13.2. The summed E-state index contributed by atoms with van der Waals surface area (Å²) in [7, 11) is 0. The summed E-state index contributed by atoms with van der Waals surface area (Å²) in [5, 5.41) is 1.14. The SMILES string of the molecule is ClCc1nc2ccccc2n1-c1c(Cl)cccc1Cl. The quantitative estimate of drug-likeness (QED) is 0.604. The molecule has 0 saturated carbocycles. The lowest BCUT2D eigenvalue weighted by Crippen LogP contribution is -2.01. The highest BCUT2D eigenvalue weighted by molar-refractivity contribution is 6.37. The van der Waals surface area contributed by atoms with Gasteiger partial charge in [-0.25, -0.2) is 4.98 Å². The lowest BCUT2D eigenvalue weighted by Gasteiger charge is -2.11. The van der Waals surface area contributed by atoms with Crippen molar-refractivity contribution in [1.82, 2.24) is 9.55 Å². The molecule has 0 N–H and O–H groups in total. The van der Waals surface area contributed by atoms with Gasteiger partial charge in [-0.2, -0.15) is 0 Å². The Bertz CT molecular complexity index is 729. The molecular weight excluding hydrogens is 303 g/mol. The molecule has 3 rings (SSSR count). The van der Waals surface area contributed by atoms with E-state index in [-0.39, 0.29) is 5.88 Å². The number of hydrogen-bond donors (Lipinski definition) is 0. The Morgan fingerprint density at radius 2 is 1.63 bits per heavy atom. The van der Waals surface area contributed by atoms with E-state index in [0.29, 0.717) is 10.0 Å². The van der Waals surface area contributed by atoms with E-state index in [2.05, 4.69) is 4.98 Å². The topological polar surface area (TPSA) is 17.8 Å². The first kappa shape index (κ1) is 12.8. The molecule has 0 amide bonds. The number of nitrogens with zero attached hydrogens (tertiary/aromatic N) is 2. The van der Waals surface area contributed by atoms with Crippen LogP contribution in [0, 0.1) is 0 Å². The number of para-hydroxylation sites is 3. The smallest absolute Gasteiger partial charge is 0.129 e. The minimum atomic E-state index is 0.288. The van der Waals surface area contributed by atoms with Crippen LogP contribution in [-0.4, -0.2) is 9.55 Å². The number of rotatable bonds is 2. The van der Waals surface area contributed by atoms with Crippen LogP contribution in [0.25, 0.3) is 16.7 Å². The van der Waals surface area contributed by atoms with E-state index in [4.69, 9.17) is 34.8 Å². The first-order chi connectivity index (χ1) is 9.22. The molecule has 0 bridgehead atoms. The Labute approximate surface area is 125 Å². The maximum atomic E-state index is 6.27. The molecule has 0 atom stereocenters. The zero-order chi connectivity index (χ0) is 13.4. The highest BCUT2D eigenvalue weighted by atomic mass is 35.5. The summed E-state index contributed by atoms with van der Waals surface area (Å²) in [6.45, 7) is 0. The van der Waals surface area contributed by atoms with Crippen LogP contribution in [0.5, 0.6) is 0 Å². The first-order valence-electron chi connectivity index (χ1n) is 5.69. The van der Waals surface area contributed by atoms with Gasteiger partial charge in [-0.3, -0.25) is 4.57 Å². The fraction of sp³-hybridized carbons (Fsp3) is 0.0714. The van der Waals surface area contributed by atoms with E-state index in [1.54, 1.807) is 12.1 Å². The zero-order valence-corrected chi connectivity index (χ0v) is 12.0. The maximum Gasteiger partial charge on any atom is 0.129 e. The minimum Gasteiger partial charge on any atom is -0.292 e. The largest absolute Gasteiger partial charge is 0.292 e. The van der Waals surface area contributed by atoms with Crippen LogP contribution in [-0.2, 0) is 5.88 Å². The predicted octanol–water partition coefficient (Wildman–Crippen LogP) is 5.07. The van der Waals surface area contributed by atoms with E-state index in [9.17, 15) is 0 Å². The van der Waals surface area contributed by atoms with Gasteiger partial charge in [0.1, 0.15) is 5.82 Å². The Morgan fingerprint density at radius 1 is 0.947 bits per heavy atom. The summed E-state index contributed by atoms with van der Waals surface area (Å²) in [4.78, 5) is 4.50. The maximum absolute atomic E-state index is 6.27. The fourth-order valence-corrected chi connectivity index (χ4v) is 2.86. The molecule has 0 saturated heterocycles. The first-order valence-corrected chi connectivity index (χ1v) is 6.98. The number of aromatic nitrogens is 2. The third-order valence-electron chi connectivity index (χ3n) is 2.91. The van der Waals surface area contributed by atoms with Crippen molar-refractivity contribution in [1.29, 1.82) is 0 Å². The van der Waals surface area contributed by atoms with Crippen molar-refractivity contribution in [3.63, 3.8) is 0 Å². The highest BCUT2D eigenvalue weighted by Gasteiger charge is 2.16. The van der Waals surface area contributed by atoms with Gasteiger partial charge >= 0.3 is 0 Å². The molecule has 1 heterocycles. The number of halogens is 3. The molecular formula is C14H9Cl3N2. The second-order valence-corrected chi connectivity index (χ2v) is 5.14. The standard InChI is InChI=1S/C14H9Cl3N2/c15-8-13-18-11-6-1-2-7-12(11)19(13)14-9(16)4-3-5-10(14)17/h1-7H,8H2. The number of alkyl halides is 1. The average Bonchev–Trinajstić information content (AvgIpc) is 2.77. The molecule has 19 heavy (non-hydrogen) atoms. The molecule has 5 heteroatoms. The van der Waals surface area contributed by atoms with Crippen molar-refractivity contribution in [2.75, 3.05) is 0 Å². The molecule has 0 radical (unpaired) electrons. The van der Waals surface area contributed by atoms with Gasteiger partial charge in [-0.1, -0.05) is 41.4 Å². The van der Waals surface area contributed by atoms with Gasteiger partial charge < -0.3 is 0 Å². The summed E-state index contributed by atoms with van der Waals surface area (Å²) in [5.41, 5.74) is 2.53. The van der Waals surface area contributed by atoms with Crippen LogP contribution in [0.1, 0.15) is 5.82 Å². The van der Waals surface area contributed by atoms with Crippen molar-refractivity contribution in [3.8, 4) is 5.69 Å². The molecule has 96 valence electrons. The van der Waals surface area contributed by atoms with E-state index in [1.165, 1.54) is 0 Å². The Balaban J connectivity index is 2.41. The second kappa shape index (κ2) is 5.04. The molecule has 0 unspecified atom stereocenters. The van der Waals surface area contributed by atoms with Crippen molar-refractivity contribution in [2.24, 2.45) is 0 Å². The molecule has 2 nitrogen and oxygen atoms in total. The van der Waals surface area contributed by atoms with Gasteiger partial charge in [0.05, 0.1) is 32.6 Å². The lowest BCUT2D eigenvalue weighted by atomic mass is 10.2. The van der Waals surface area contributed by atoms with E-state index >= 15 is 0 Å². The van der Waals surface area contributed by atoms with Gasteiger partial charge in [-0.05, 0) is 24.3 Å². The normalized spacial score (nSPS) is 11.1. The number of hydrogen-bond acceptors (Lipinski definition) is 1. The van der Waals surface area contributed by atoms with Crippen LogP contribution in [0.3, 0.4) is 0 Å². The number of fused-ring (bicyclic) bond motifs is 1. The molecule has 0 aliphatic rings. The molecule has 0 spiro atoms. The second-order valence-electron chi connectivity index (χ2n) is 4.06. The van der Waals surface area contributed by atoms with Crippen molar-refractivity contribution < 1.29 is 0 Å². The third kappa shape index (κ3) is 2.10. The van der Waals surface area contributed by atoms with Gasteiger partial charge in [-0.15, -0.1) is 11.6 Å². The predicted molar refractivity (Wildman–Crippen MR) is 80.6 cm³/mol. The van der Waals surface area contributed by atoms with Crippen molar-refractivity contribution in [3.05, 3.63) is 58.3 Å². The number of benzene rings is 2. The lowest BCUT2D eigenvalue weighted by molar-refractivity contribution is 0.982. The Kier molecular flexibility index (Phi) is 3.40. The Hall–Kier alpha value is -1.22. The zero-order valence-electron chi connectivity index (χ0n) is 9.78. The summed E-state index contributed by atoms with van der Waals surface area (Å²) in [6.07, 6.45) is 0. The molecule has 3 aromatic rings. The summed E-state index contributed by atoms with van der Waals surface area (Å²) >= 11 is 18.5. The van der Waals surface area contributed by atoms with Gasteiger partial charge in [0.2, 0.25) is 0 Å². The molecule has 0 fully saturated rings. The molecule has 0 aliphatic heterocycles. The number of imidazole rings is 1.